The molecule has 0 spiro atoms. The third kappa shape index (κ3) is 5.67. The molecule has 0 bridgehead atoms. The highest BCUT2D eigenvalue weighted by Crippen LogP contribution is 2.15. The van der Waals surface area contributed by atoms with Crippen LogP contribution in [0.25, 0.3) is 0 Å². The highest BCUT2D eigenvalue weighted by atomic mass is 16.1. The Labute approximate surface area is 126 Å². The van der Waals surface area contributed by atoms with Crippen molar-refractivity contribution in [2.24, 2.45) is 0 Å². The molecular weight excluding hydrogens is 266 g/mol. The summed E-state index contributed by atoms with van der Waals surface area (Å²) in [4.78, 5) is 22.3. The molecule has 6 heteroatoms. The second kappa shape index (κ2) is 8.56. The molecule has 21 heavy (non-hydrogen) atoms. The van der Waals surface area contributed by atoms with Crippen molar-refractivity contribution in [2.75, 3.05) is 31.5 Å². The molecule has 0 aliphatic carbocycles. The molecule has 1 saturated heterocycles. The summed E-state index contributed by atoms with van der Waals surface area (Å²) < 4.78 is 0. The van der Waals surface area contributed by atoms with Crippen LogP contribution < -0.4 is 10.6 Å². The molecule has 116 valence electrons. The van der Waals surface area contributed by atoms with Gasteiger partial charge in [0.2, 0.25) is 11.9 Å². The number of aromatic nitrogens is 2. The molecule has 2 rings (SSSR count). The number of hydrogen-bond acceptors (Lipinski definition) is 5. The lowest BCUT2D eigenvalue weighted by Crippen LogP contribution is -2.42. The van der Waals surface area contributed by atoms with E-state index in [2.05, 4.69) is 32.4 Å². The first kappa shape index (κ1) is 15.7. The Morgan fingerprint density at radius 2 is 2.14 bits per heavy atom. The molecule has 2 heterocycles. The zero-order valence-electron chi connectivity index (χ0n) is 12.7. The van der Waals surface area contributed by atoms with E-state index in [1.165, 1.54) is 19.3 Å². The SMILES string of the molecule is CC1CCCCN1CCNC(=O)CCNc1ncccn1. The summed E-state index contributed by atoms with van der Waals surface area (Å²) in [5.41, 5.74) is 0. The molecule has 1 aliphatic heterocycles. The molecule has 1 fully saturated rings. The minimum atomic E-state index is 0.0723. The number of nitrogens with zero attached hydrogens (tertiary/aromatic N) is 3. The summed E-state index contributed by atoms with van der Waals surface area (Å²) in [6.07, 6.45) is 7.67. The smallest absolute Gasteiger partial charge is 0.222 e. The average molecular weight is 291 g/mol. The highest BCUT2D eigenvalue weighted by molar-refractivity contribution is 5.76. The van der Waals surface area contributed by atoms with Gasteiger partial charge in [-0.2, -0.15) is 0 Å². The first-order chi connectivity index (χ1) is 10.3. The van der Waals surface area contributed by atoms with Gasteiger partial charge < -0.3 is 10.6 Å². The number of rotatable bonds is 7. The van der Waals surface area contributed by atoms with Crippen molar-refractivity contribution >= 4 is 11.9 Å². The van der Waals surface area contributed by atoms with Gasteiger partial charge in [0.05, 0.1) is 0 Å². The van der Waals surface area contributed by atoms with Crippen molar-refractivity contribution in [1.29, 1.82) is 0 Å². The van der Waals surface area contributed by atoms with Gasteiger partial charge in [-0.15, -0.1) is 0 Å². The zero-order chi connectivity index (χ0) is 14.9. The van der Waals surface area contributed by atoms with Crippen LogP contribution in [-0.2, 0) is 4.79 Å². The lowest BCUT2D eigenvalue weighted by atomic mass is 10.0. The van der Waals surface area contributed by atoms with Crippen molar-refractivity contribution in [2.45, 2.75) is 38.6 Å². The normalized spacial score (nSPS) is 19.2. The van der Waals surface area contributed by atoms with E-state index in [0.29, 0.717) is 25.0 Å². The Morgan fingerprint density at radius 1 is 1.33 bits per heavy atom. The molecule has 1 amide bonds. The summed E-state index contributed by atoms with van der Waals surface area (Å²) in [5.74, 6) is 0.635. The van der Waals surface area contributed by atoms with Crippen molar-refractivity contribution in [3.63, 3.8) is 0 Å². The lowest BCUT2D eigenvalue weighted by molar-refractivity contribution is -0.120. The average Bonchev–Trinajstić information content (AvgIpc) is 2.50. The van der Waals surface area contributed by atoms with Crippen LogP contribution in [0.4, 0.5) is 5.95 Å². The highest BCUT2D eigenvalue weighted by Gasteiger charge is 2.17. The molecule has 1 atom stereocenters. The number of piperidine rings is 1. The second-order valence-corrected chi connectivity index (χ2v) is 5.48. The van der Waals surface area contributed by atoms with E-state index in [9.17, 15) is 4.79 Å². The van der Waals surface area contributed by atoms with Crippen molar-refractivity contribution in [3.8, 4) is 0 Å². The van der Waals surface area contributed by atoms with Crippen LogP contribution in [0, 0.1) is 0 Å². The molecule has 2 N–H and O–H groups in total. The van der Waals surface area contributed by atoms with E-state index in [1.807, 2.05) is 0 Å². The third-order valence-corrected chi connectivity index (χ3v) is 3.86. The third-order valence-electron chi connectivity index (χ3n) is 3.86. The fourth-order valence-corrected chi connectivity index (χ4v) is 2.60. The minimum Gasteiger partial charge on any atom is -0.355 e. The maximum atomic E-state index is 11.7. The van der Waals surface area contributed by atoms with Gasteiger partial charge in [-0.25, -0.2) is 9.97 Å². The monoisotopic (exact) mass is 291 g/mol. The second-order valence-electron chi connectivity index (χ2n) is 5.48. The Bertz CT molecular complexity index is 425. The van der Waals surface area contributed by atoms with Crippen LogP contribution in [0.1, 0.15) is 32.6 Å². The number of anilines is 1. The van der Waals surface area contributed by atoms with Crippen LogP contribution in [0.5, 0.6) is 0 Å². The summed E-state index contributed by atoms with van der Waals surface area (Å²) in [5, 5.41) is 6.00. The van der Waals surface area contributed by atoms with Gasteiger partial charge in [-0.1, -0.05) is 6.42 Å². The Kier molecular flexibility index (Phi) is 6.40. The predicted octanol–water partition coefficient (Wildman–Crippen LogP) is 1.27. The van der Waals surface area contributed by atoms with Crippen LogP contribution in [0.15, 0.2) is 18.5 Å². The Morgan fingerprint density at radius 3 is 2.90 bits per heavy atom. The van der Waals surface area contributed by atoms with Gasteiger partial charge in [0, 0.05) is 44.5 Å². The van der Waals surface area contributed by atoms with Crippen molar-refractivity contribution < 1.29 is 4.79 Å². The van der Waals surface area contributed by atoms with E-state index in [0.717, 1.165) is 19.6 Å². The van der Waals surface area contributed by atoms with Gasteiger partial charge in [0.15, 0.2) is 0 Å². The summed E-state index contributed by atoms with van der Waals surface area (Å²) >= 11 is 0. The molecule has 1 aliphatic rings. The number of amides is 1. The maximum absolute atomic E-state index is 11.7. The summed E-state index contributed by atoms with van der Waals surface area (Å²) in [6.45, 7) is 5.65. The summed E-state index contributed by atoms with van der Waals surface area (Å²) in [7, 11) is 0. The van der Waals surface area contributed by atoms with Crippen molar-refractivity contribution in [1.82, 2.24) is 20.2 Å². The van der Waals surface area contributed by atoms with E-state index in [-0.39, 0.29) is 5.91 Å². The molecular formula is C15H25N5O. The van der Waals surface area contributed by atoms with Gasteiger partial charge in [-0.05, 0) is 32.4 Å². The zero-order valence-corrected chi connectivity index (χ0v) is 12.7. The number of carbonyl (C=O) groups excluding carboxylic acids is 1. The van der Waals surface area contributed by atoms with Gasteiger partial charge in [-0.3, -0.25) is 9.69 Å². The number of nitrogens with one attached hydrogen (secondary N) is 2. The topological polar surface area (TPSA) is 70.2 Å². The molecule has 6 nitrogen and oxygen atoms in total. The number of hydrogen-bond donors (Lipinski definition) is 2. The van der Waals surface area contributed by atoms with Crippen LogP contribution in [0.3, 0.4) is 0 Å². The van der Waals surface area contributed by atoms with E-state index >= 15 is 0 Å². The Balaban J connectivity index is 1.55. The van der Waals surface area contributed by atoms with Crippen molar-refractivity contribution in [3.05, 3.63) is 18.5 Å². The fraction of sp³-hybridized carbons (Fsp3) is 0.667. The first-order valence-electron chi connectivity index (χ1n) is 7.77. The Hall–Kier alpha value is -1.69. The largest absolute Gasteiger partial charge is 0.355 e. The van der Waals surface area contributed by atoms with Gasteiger partial charge in [0.1, 0.15) is 0 Å². The minimum absolute atomic E-state index is 0.0723. The molecule has 0 saturated carbocycles. The lowest BCUT2D eigenvalue weighted by Gasteiger charge is -2.33. The number of carbonyl (C=O) groups is 1. The molecule has 0 aromatic carbocycles. The van der Waals surface area contributed by atoms with E-state index < -0.39 is 0 Å². The van der Waals surface area contributed by atoms with E-state index in [1.54, 1.807) is 18.5 Å². The molecule has 0 radical (unpaired) electrons. The van der Waals surface area contributed by atoms with Gasteiger partial charge >= 0.3 is 0 Å². The van der Waals surface area contributed by atoms with Crippen LogP contribution in [0.2, 0.25) is 0 Å². The first-order valence-corrected chi connectivity index (χ1v) is 7.77. The van der Waals surface area contributed by atoms with Gasteiger partial charge in [0.25, 0.3) is 0 Å². The standard InChI is InChI=1S/C15H25N5O/c1-13-5-2-3-11-20(13)12-10-16-14(21)6-9-19-15-17-7-4-8-18-15/h4,7-8,13H,2-3,5-6,9-12H2,1H3,(H,16,21)(H,17,18,19). The quantitative estimate of drug-likeness (QED) is 0.791. The fourth-order valence-electron chi connectivity index (χ4n) is 2.60. The van der Waals surface area contributed by atoms with E-state index in [4.69, 9.17) is 0 Å². The summed E-state index contributed by atoms with van der Waals surface area (Å²) in [6, 6.07) is 2.41. The predicted molar refractivity (Wildman–Crippen MR) is 83.0 cm³/mol. The molecule has 1 unspecified atom stereocenters. The maximum Gasteiger partial charge on any atom is 0.222 e. The van der Waals surface area contributed by atoms with Crippen LogP contribution >= 0.6 is 0 Å². The number of likely N-dealkylation sites (tertiary alicyclic amines) is 1. The molecule has 1 aromatic heterocycles. The molecule has 1 aromatic rings. The van der Waals surface area contributed by atoms with Crippen LogP contribution in [-0.4, -0.2) is 53.0 Å².